The molecule has 0 aliphatic rings. The number of rotatable bonds is 12. The lowest BCUT2D eigenvalue weighted by Crippen LogP contribution is -2.43. The minimum Gasteiger partial charge on any atom is -0.384 e. The number of carbonyl (C=O) groups is 2. The molecule has 2 atom stereocenters. The highest BCUT2D eigenvalue weighted by Gasteiger charge is 2.24. The van der Waals surface area contributed by atoms with Crippen LogP contribution in [0.3, 0.4) is 0 Å². The van der Waals surface area contributed by atoms with Crippen LogP contribution in [0.25, 0.3) is 0 Å². The Labute approximate surface area is 158 Å². The summed E-state index contributed by atoms with van der Waals surface area (Å²) >= 11 is 0. The van der Waals surface area contributed by atoms with E-state index in [4.69, 9.17) is 24.7 Å². The van der Waals surface area contributed by atoms with Crippen LogP contribution in [0.2, 0.25) is 0 Å². The lowest BCUT2D eigenvalue weighted by molar-refractivity contribution is -0.135. The van der Waals surface area contributed by atoms with Gasteiger partial charge in [0.1, 0.15) is 6.79 Å². The molecular weight excluding hydrogens is 354 g/mol. The van der Waals surface area contributed by atoms with Gasteiger partial charge in [-0.25, -0.2) is 5.48 Å². The van der Waals surface area contributed by atoms with Gasteiger partial charge in [0.15, 0.2) is 0 Å². The second-order valence-corrected chi connectivity index (χ2v) is 5.71. The van der Waals surface area contributed by atoms with Gasteiger partial charge < -0.3 is 19.5 Å². The van der Waals surface area contributed by atoms with E-state index in [-0.39, 0.29) is 32.3 Å². The molecule has 0 spiro atoms. The molecule has 0 saturated carbocycles. The molecular formula is C18H25N3O6. The Bertz CT molecular complexity index is 629. The van der Waals surface area contributed by atoms with Crippen molar-refractivity contribution in [1.29, 1.82) is 5.26 Å². The third-order valence-electron chi connectivity index (χ3n) is 3.72. The van der Waals surface area contributed by atoms with E-state index in [0.29, 0.717) is 17.7 Å². The fourth-order valence-electron chi connectivity index (χ4n) is 2.35. The van der Waals surface area contributed by atoms with E-state index in [1.54, 1.807) is 29.7 Å². The first-order valence-electron chi connectivity index (χ1n) is 8.45. The van der Waals surface area contributed by atoms with E-state index in [1.807, 2.05) is 13.0 Å². The third-order valence-corrected chi connectivity index (χ3v) is 3.72. The first kappa shape index (κ1) is 22.5. The molecule has 1 aromatic carbocycles. The number of hydrogen-bond acceptors (Lipinski definition) is 7. The molecule has 27 heavy (non-hydrogen) atoms. The molecule has 1 aromatic rings. The average Bonchev–Trinajstić information content (AvgIpc) is 2.70. The molecule has 0 heterocycles. The number of carbonyl (C=O) groups excluding carboxylic acids is 2. The van der Waals surface area contributed by atoms with Gasteiger partial charge in [-0.3, -0.25) is 14.8 Å². The van der Waals surface area contributed by atoms with Crippen LogP contribution in [0.5, 0.6) is 0 Å². The van der Waals surface area contributed by atoms with Crippen molar-refractivity contribution >= 4 is 11.8 Å². The van der Waals surface area contributed by atoms with Gasteiger partial charge in [-0.15, -0.1) is 0 Å². The number of amides is 2. The monoisotopic (exact) mass is 379 g/mol. The number of methoxy groups -OCH3 is 1. The van der Waals surface area contributed by atoms with Crippen molar-refractivity contribution < 1.29 is 29.0 Å². The molecule has 0 bridgehead atoms. The largest absolute Gasteiger partial charge is 0.384 e. The number of ether oxygens (including phenoxy) is 3. The van der Waals surface area contributed by atoms with E-state index >= 15 is 0 Å². The van der Waals surface area contributed by atoms with Crippen LogP contribution in [0.4, 0.5) is 0 Å². The van der Waals surface area contributed by atoms with Crippen molar-refractivity contribution in [1.82, 2.24) is 10.8 Å². The highest BCUT2D eigenvalue weighted by Crippen LogP contribution is 2.11. The summed E-state index contributed by atoms with van der Waals surface area (Å²) in [5.41, 5.74) is 2.42. The second-order valence-electron chi connectivity index (χ2n) is 5.71. The number of nitrogens with zero attached hydrogens (tertiary/aromatic N) is 1. The highest BCUT2D eigenvalue weighted by atomic mass is 16.7. The van der Waals surface area contributed by atoms with Gasteiger partial charge in [-0.1, -0.05) is 0 Å². The summed E-state index contributed by atoms with van der Waals surface area (Å²) in [6.45, 7) is 2.55. The van der Waals surface area contributed by atoms with E-state index < -0.39 is 17.9 Å². The first-order chi connectivity index (χ1) is 13.0. The molecule has 9 nitrogen and oxygen atoms in total. The van der Waals surface area contributed by atoms with Gasteiger partial charge in [-0.2, -0.15) is 5.26 Å². The zero-order valence-corrected chi connectivity index (χ0v) is 15.4. The molecule has 0 aliphatic heterocycles. The summed E-state index contributed by atoms with van der Waals surface area (Å²) in [6.07, 6.45) is 0.189. The number of hydrogen-bond donors (Lipinski definition) is 3. The minimum atomic E-state index is -0.679. The lowest BCUT2D eigenvalue weighted by Gasteiger charge is -2.23. The summed E-state index contributed by atoms with van der Waals surface area (Å²) in [7, 11) is 1.44. The van der Waals surface area contributed by atoms with Gasteiger partial charge in [0, 0.05) is 19.3 Å². The molecule has 0 aromatic heterocycles. The van der Waals surface area contributed by atoms with Crippen LogP contribution in [-0.2, 0) is 19.0 Å². The normalized spacial score (nSPS) is 12.7. The molecule has 0 radical (unpaired) electrons. The van der Waals surface area contributed by atoms with Crippen molar-refractivity contribution in [2.24, 2.45) is 5.92 Å². The summed E-state index contributed by atoms with van der Waals surface area (Å²) in [4.78, 5) is 24.3. The maximum Gasteiger partial charge on any atom is 0.251 e. The van der Waals surface area contributed by atoms with Crippen molar-refractivity contribution in [3.05, 3.63) is 35.4 Å². The van der Waals surface area contributed by atoms with Gasteiger partial charge in [-0.05, 0) is 37.6 Å². The maximum absolute atomic E-state index is 12.5. The molecule has 2 amide bonds. The molecule has 0 unspecified atom stereocenters. The molecule has 148 valence electrons. The van der Waals surface area contributed by atoms with Crippen molar-refractivity contribution in [3.63, 3.8) is 0 Å². The van der Waals surface area contributed by atoms with Crippen LogP contribution in [0.15, 0.2) is 24.3 Å². The zero-order chi connectivity index (χ0) is 20.1. The molecule has 0 saturated heterocycles. The van der Waals surface area contributed by atoms with E-state index in [0.717, 1.165) is 0 Å². The van der Waals surface area contributed by atoms with Gasteiger partial charge in [0.25, 0.3) is 5.91 Å². The van der Waals surface area contributed by atoms with E-state index in [1.165, 1.54) is 7.11 Å². The summed E-state index contributed by atoms with van der Waals surface area (Å²) < 4.78 is 15.5. The van der Waals surface area contributed by atoms with Crippen LogP contribution in [0, 0.1) is 17.2 Å². The molecule has 1 rings (SSSR count). The quantitative estimate of drug-likeness (QED) is 0.212. The van der Waals surface area contributed by atoms with E-state index in [9.17, 15) is 9.59 Å². The third kappa shape index (κ3) is 8.15. The van der Waals surface area contributed by atoms with Crippen molar-refractivity contribution in [3.8, 4) is 6.07 Å². The standard InChI is InChI=1S/C18H25N3O6/c1-3-26-12-27-11-16(8-15(10-25-2)18(23)21-24)20-17(22)14-6-4-13(9-19)5-7-14/h4-7,15-16,24H,3,8,10-12H2,1-2H3,(H,20,22)(H,21,23)/t15-,16+/m1/s1. The van der Waals surface area contributed by atoms with Crippen molar-refractivity contribution in [2.45, 2.75) is 19.4 Å². The highest BCUT2D eigenvalue weighted by molar-refractivity contribution is 5.94. The number of nitriles is 1. The minimum absolute atomic E-state index is 0.0564. The topological polar surface area (TPSA) is 130 Å². The Morgan fingerprint density at radius 2 is 1.93 bits per heavy atom. The molecule has 9 heteroatoms. The fourth-order valence-corrected chi connectivity index (χ4v) is 2.35. The SMILES string of the molecule is CCOCOC[C@H](C[C@H](COC)C(=O)NO)NC(=O)c1ccc(C#N)cc1. The molecule has 3 N–H and O–H groups in total. The van der Waals surface area contributed by atoms with Gasteiger partial charge in [0.2, 0.25) is 5.91 Å². The van der Waals surface area contributed by atoms with Crippen molar-refractivity contribution in [2.75, 3.05) is 33.7 Å². The van der Waals surface area contributed by atoms with Crippen LogP contribution >= 0.6 is 0 Å². The molecule has 0 aliphatic carbocycles. The smallest absolute Gasteiger partial charge is 0.251 e. The Balaban J connectivity index is 2.80. The maximum atomic E-state index is 12.5. The Hall–Kier alpha value is -2.51. The van der Waals surface area contributed by atoms with E-state index in [2.05, 4.69) is 5.32 Å². The molecule has 0 fully saturated rings. The predicted octanol–water partition coefficient (Wildman–Crippen LogP) is 0.825. The predicted molar refractivity (Wildman–Crippen MR) is 94.8 cm³/mol. The number of benzene rings is 1. The Morgan fingerprint density at radius 1 is 1.22 bits per heavy atom. The van der Waals surface area contributed by atoms with Gasteiger partial charge in [0.05, 0.1) is 36.8 Å². The Kier molecular flexibility index (Phi) is 10.7. The number of hydroxylamine groups is 1. The second kappa shape index (κ2) is 12.8. The van der Waals surface area contributed by atoms with Crippen LogP contribution < -0.4 is 10.8 Å². The summed E-state index contributed by atoms with van der Waals surface area (Å²) in [6, 6.07) is 7.63. The fraction of sp³-hybridized carbons (Fsp3) is 0.500. The number of nitrogens with one attached hydrogen (secondary N) is 2. The van der Waals surface area contributed by atoms with Crippen LogP contribution in [-0.4, -0.2) is 56.8 Å². The first-order valence-corrected chi connectivity index (χ1v) is 8.45. The Morgan fingerprint density at radius 3 is 2.48 bits per heavy atom. The zero-order valence-electron chi connectivity index (χ0n) is 15.4. The summed E-state index contributed by atoms with van der Waals surface area (Å²) in [5.74, 6) is -1.66. The average molecular weight is 379 g/mol. The van der Waals surface area contributed by atoms with Gasteiger partial charge >= 0.3 is 0 Å². The lowest BCUT2D eigenvalue weighted by atomic mass is 9.99. The van der Waals surface area contributed by atoms with Crippen LogP contribution in [0.1, 0.15) is 29.3 Å². The summed E-state index contributed by atoms with van der Waals surface area (Å²) in [5, 5.41) is 20.5.